The lowest BCUT2D eigenvalue weighted by Crippen LogP contribution is -2.35. The van der Waals surface area contributed by atoms with Crippen LogP contribution in [0.1, 0.15) is 134 Å². The third-order valence-electron chi connectivity index (χ3n) is 7.48. The molecule has 2 unspecified atom stereocenters. The van der Waals surface area contributed by atoms with E-state index >= 15 is 0 Å². The maximum absolute atomic E-state index is 6.24. The number of hydrogen-bond donors (Lipinski definition) is 4. The van der Waals surface area contributed by atoms with Gasteiger partial charge in [0.15, 0.2) is 0 Å². The summed E-state index contributed by atoms with van der Waals surface area (Å²) < 4.78 is 6.24. The minimum Gasteiger partial charge on any atom is -0.493 e. The lowest BCUT2D eigenvalue weighted by molar-refractivity contribution is 0.302. The number of ether oxygens (including phenoxy) is 1. The van der Waals surface area contributed by atoms with Crippen molar-refractivity contribution >= 4 is 0 Å². The SMILES string of the molecule is CCCCCCCCCCCCCCCCOc1cc2nc(c1)C(C)NCCNCCNCCNC2C. The first-order valence-electron chi connectivity index (χ1n) is 15.7. The lowest BCUT2D eigenvalue weighted by atomic mass is 10.0. The Morgan fingerprint density at radius 1 is 0.622 bits per heavy atom. The molecule has 0 saturated heterocycles. The Kier molecular flexibility index (Phi) is 18.8. The van der Waals surface area contributed by atoms with Gasteiger partial charge in [0.25, 0.3) is 0 Å². The van der Waals surface area contributed by atoms with Crippen molar-refractivity contribution in [2.45, 2.75) is 123 Å². The van der Waals surface area contributed by atoms with E-state index in [0.717, 1.165) is 69.4 Å². The molecule has 4 N–H and O–H groups in total. The molecule has 1 aliphatic heterocycles. The van der Waals surface area contributed by atoms with Gasteiger partial charge in [0, 0.05) is 63.5 Å². The maximum atomic E-state index is 6.24. The summed E-state index contributed by atoms with van der Waals surface area (Å²) in [6.07, 6.45) is 19.3. The fourth-order valence-electron chi connectivity index (χ4n) is 4.95. The molecule has 1 aromatic heterocycles. The van der Waals surface area contributed by atoms with Crippen molar-refractivity contribution < 1.29 is 4.74 Å². The van der Waals surface area contributed by atoms with Gasteiger partial charge in [-0.3, -0.25) is 4.98 Å². The van der Waals surface area contributed by atoms with Crippen LogP contribution in [0.25, 0.3) is 0 Å². The predicted octanol–water partition coefficient (Wildman–Crippen LogP) is 6.44. The van der Waals surface area contributed by atoms with Crippen LogP contribution in [0.4, 0.5) is 0 Å². The first kappa shape index (κ1) is 32.0. The Morgan fingerprint density at radius 3 is 1.49 bits per heavy atom. The Morgan fingerprint density at radius 2 is 1.03 bits per heavy atom. The minimum absolute atomic E-state index is 0.195. The standard InChI is InChI=1S/C31H59N5O/c1-4-5-6-7-8-9-10-11-12-13-14-15-16-17-24-37-29-25-30-27(2)34-22-20-32-18-19-33-21-23-35-28(3)31(26-29)36-30/h25-28,32-35H,4-24H2,1-3H3. The molecule has 2 heterocycles. The van der Waals surface area contributed by atoms with Crippen molar-refractivity contribution in [1.82, 2.24) is 26.3 Å². The number of fused-ring (bicyclic) bond motifs is 2. The highest BCUT2D eigenvalue weighted by Crippen LogP contribution is 2.23. The molecule has 6 heteroatoms. The first-order valence-corrected chi connectivity index (χ1v) is 15.7. The van der Waals surface area contributed by atoms with E-state index in [4.69, 9.17) is 9.72 Å². The zero-order valence-corrected chi connectivity index (χ0v) is 24.5. The smallest absolute Gasteiger partial charge is 0.123 e. The molecular weight excluding hydrogens is 458 g/mol. The second kappa shape index (κ2) is 21.7. The summed E-state index contributed by atoms with van der Waals surface area (Å²) >= 11 is 0. The van der Waals surface area contributed by atoms with Crippen LogP contribution in [0, 0.1) is 0 Å². The van der Waals surface area contributed by atoms with Crippen molar-refractivity contribution in [2.24, 2.45) is 0 Å². The van der Waals surface area contributed by atoms with Crippen molar-refractivity contribution in [3.63, 3.8) is 0 Å². The number of nitrogens with one attached hydrogen (secondary N) is 4. The lowest BCUT2D eigenvalue weighted by Gasteiger charge is -2.19. The number of aromatic nitrogens is 1. The highest BCUT2D eigenvalue weighted by molar-refractivity contribution is 5.30. The normalized spacial score (nSPS) is 19.8. The van der Waals surface area contributed by atoms with Crippen molar-refractivity contribution in [3.8, 4) is 5.75 Å². The van der Waals surface area contributed by atoms with Crippen LogP contribution in [-0.4, -0.2) is 50.9 Å². The number of hydrogen-bond acceptors (Lipinski definition) is 6. The van der Waals surface area contributed by atoms with E-state index < -0.39 is 0 Å². The summed E-state index contributed by atoms with van der Waals surface area (Å²) in [5.41, 5.74) is 2.13. The average Bonchev–Trinajstić information content (AvgIpc) is 2.91. The van der Waals surface area contributed by atoms with E-state index in [1.165, 1.54) is 83.5 Å². The molecule has 0 amide bonds. The van der Waals surface area contributed by atoms with Crippen molar-refractivity contribution in [1.29, 1.82) is 0 Å². The molecule has 1 aliphatic rings. The fourth-order valence-corrected chi connectivity index (χ4v) is 4.95. The number of rotatable bonds is 16. The summed E-state index contributed by atoms with van der Waals surface area (Å²) in [4.78, 5) is 4.98. The first-order chi connectivity index (χ1) is 18.2. The van der Waals surface area contributed by atoms with E-state index in [-0.39, 0.29) is 12.1 Å². The molecule has 2 bridgehead atoms. The second-order valence-corrected chi connectivity index (χ2v) is 10.9. The van der Waals surface area contributed by atoms with E-state index in [2.05, 4.69) is 54.2 Å². The number of nitrogens with zero attached hydrogens (tertiary/aromatic N) is 1. The zero-order chi connectivity index (χ0) is 26.4. The van der Waals surface area contributed by atoms with Gasteiger partial charge < -0.3 is 26.0 Å². The fraction of sp³-hybridized carbons (Fsp3) is 0.839. The molecule has 0 radical (unpaired) electrons. The molecule has 6 nitrogen and oxygen atoms in total. The number of unbranched alkanes of at least 4 members (excludes halogenated alkanes) is 13. The van der Waals surface area contributed by atoms with Gasteiger partial charge in [-0.1, -0.05) is 90.4 Å². The van der Waals surface area contributed by atoms with Crippen LogP contribution in [-0.2, 0) is 0 Å². The summed E-state index contributed by atoms with van der Waals surface area (Å²) in [5, 5.41) is 14.2. The summed E-state index contributed by atoms with van der Waals surface area (Å²) in [6.45, 7) is 13.2. The highest BCUT2D eigenvalue weighted by atomic mass is 16.5. The second-order valence-electron chi connectivity index (χ2n) is 10.9. The molecule has 0 aliphatic carbocycles. The van der Waals surface area contributed by atoms with Crippen LogP contribution in [0.2, 0.25) is 0 Å². The van der Waals surface area contributed by atoms with E-state index in [1.807, 2.05) is 0 Å². The van der Waals surface area contributed by atoms with E-state index in [1.54, 1.807) is 0 Å². The van der Waals surface area contributed by atoms with Crippen LogP contribution in [0.5, 0.6) is 5.75 Å². The van der Waals surface area contributed by atoms with Gasteiger partial charge >= 0.3 is 0 Å². The minimum atomic E-state index is 0.195. The third-order valence-corrected chi connectivity index (χ3v) is 7.48. The molecule has 0 aromatic carbocycles. The highest BCUT2D eigenvalue weighted by Gasteiger charge is 2.14. The van der Waals surface area contributed by atoms with E-state index in [0.29, 0.717) is 0 Å². The van der Waals surface area contributed by atoms with Gasteiger partial charge in [-0.2, -0.15) is 0 Å². The Hall–Kier alpha value is -1.21. The Labute approximate surface area is 228 Å². The predicted molar refractivity (Wildman–Crippen MR) is 159 cm³/mol. The monoisotopic (exact) mass is 517 g/mol. The number of pyridine rings is 1. The average molecular weight is 518 g/mol. The quantitative estimate of drug-likeness (QED) is 0.189. The van der Waals surface area contributed by atoms with Crippen molar-refractivity contribution in [3.05, 3.63) is 23.5 Å². The van der Waals surface area contributed by atoms with Crippen molar-refractivity contribution in [2.75, 3.05) is 45.9 Å². The van der Waals surface area contributed by atoms with Gasteiger partial charge in [0.1, 0.15) is 5.75 Å². The maximum Gasteiger partial charge on any atom is 0.123 e. The molecule has 0 spiro atoms. The molecule has 0 saturated carbocycles. The Balaban J connectivity index is 1.65. The van der Waals surface area contributed by atoms with Gasteiger partial charge in [-0.15, -0.1) is 0 Å². The summed E-state index contributed by atoms with van der Waals surface area (Å²) in [7, 11) is 0. The third kappa shape index (κ3) is 15.7. The largest absolute Gasteiger partial charge is 0.493 e. The van der Waals surface area contributed by atoms with Gasteiger partial charge in [0.2, 0.25) is 0 Å². The van der Waals surface area contributed by atoms with Gasteiger partial charge in [-0.25, -0.2) is 0 Å². The molecule has 2 rings (SSSR count). The Bertz CT molecular complexity index is 635. The van der Waals surface area contributed by atoms with Gasteiger partial charge in [0.05, 0.1) is 18.0 Å². The molecule has 37 heavy (non-hydrogen) atoms. The zero-order valence-electron chi connectivity index (χ0n) is 24.5. The van der Waals surface area contributed by atoms with E-state index in [9.17, 15) is 0 Å². The molecular formula is C31H59N5O. The van der Waals surface area contributed by atoms with Crippen LogP contribution >= 0.6 is 0 Å². The van der Waals surface area contributed by atoms with Gasteiger partial charge in [-0.05, 0) is 20.3 Å². The molecule has 0 fully saturated rings. The topological polar surface area (TPSA) is 70.2 Å². The van der Waals surface area contributed by atoms with Crippen LogP contribution < -0.4 is 26.0 Å². The van der Waals surface area contributed by atoms with Crippen LogP contribution in [0.15, 0.2) is 12.1 Å². The molecule has 2 atom stereocenters. The molecule has 214 valence electrons. The molecule has 1 aromatic rings. The summed E-state index contributed by atoms with van der Waals surface area (Å²) in [5.74, 6) is 0.956. The summed E-state index contributed by atoms with van der Waals surface area (Å²) in [6, 6.07) is 4.65. The van der Waals surface area contributed by atoms with Crippen LogP contribution in [0.3, 0.4) is 0 Å².